The number of aryl methyl sites for hydroxylation is 1. The van der Waals surface area contributed by atoms with Crippen LogP contribution in [0.3, 0.4) is 0 Å². The molecule has 21 heavy (non-hydrogen) atoms. The molecule has 0 amide bonds. The van der Waals surface area contributed by atoms with Gasteiger partial charge in [0.25, 0.3) is 0 Å². The van der Waals surface area contributed by atoms with E-state index in [2.05, 4.69) is 31.9 Å². The second kappa shape index (κ2) is 6.32. The highest BCUT2D eigenvalue weighted by Gasteiger charge is 2.19. The summed E-state index contributed by atoms with van der Waals surface area (Å²) in [5, 5.41) is 15.1. The molecule has 1 heterocycles. The lowest BCUT2D eigenvalue weighted by atomic mass is 10.0. The molecule has 1 aliphatic carbocycles. The van der Waals surface area contributed by atoms with Crippen molar-refractivity contribution in [3.05, 3.63) is 51.8 Å². The summed E-state index contributed by atoms with van der Waals surface area (Å²) in [6, 6.07) is 8.65. The van der Waals surface area contributed by atoms with Gasteiger partial charge in [0.1, 0.15) is 0 Å². The molecule has 3 rings (SSSR count). The first kappa shape index (κ1) is 14.8. The van der Waals surface area contributed by atoms with Crippen LogP contribution in [-0.2, 0) is 6.42 Å². The maximum Gasteiger partial charge on any atom is 0.0857 e. The molecule has 112 valence electrons. The van der Waals surface area contributed by atoms with Gasteiger partial charge in [0.05, 0.1) is 17.8 Å². The van der Waals surface area contributed by atoms with Crippen LogP contribution in [0, 0.1) is 6.92 Å². The standard InChI is InChI=1S/C17H21BrN2O/c1-12-6-7-16(18)15(10-12)17(21)11-13-8-9-20(19-13)14-4-2-3-5-14/h6-10,14,17,21H,2-5,11H2,1H3. The van der Waals surface area contributed by atoms with Gasteiger partial charge >= 0.3 is 0 Å². The van der Waals surface area contributed by atoms with Crippen molar-refractivity contribution in [2.24, 2.45) is 0 Å². The third kappa shape index (κ3) is 3.38. The number of nitrogens with zero attached hydrogens (tertiary/aromatic N) is 2. The topological polar surface area (TPSA) is 38.0 Å². The monoisotopic (exact) mass is 348 g/mol. The second-order valence-electron chi connectivity index (χ2n) is 5.97. The van der Waals surface area contributed by atoms with E-state index in [9.17, 15) is 5.11 Å². The van der Waals surface area contributed by atoms with E-state index < -0.39 is 6.10 Å². The summed E-state index contributed by atoms with van der Waals surface area (Å²) in [6.07, 6.45) is 7.16. The fraction of sp³-hybridized carbons (Fsp3) is 0.471. The van der Waals surface area contributed by atoms with Gasteiger partial charge in [0.15, 0.2) is 0 Å². The minimum absolute atomic E-state index is 0.522. The maximum absolute atomic E-state index is 10.5. The number of aliphatic hydroxyl groups is 1. The molecule has 1 saturated carbocycles. The first-order chi connectivity index (χ1) is 10.1. The van der Waals surface area contributed by atoms with Crippen LogP contribution in [0.15, 0.2) is 34.9 Å². The van der Waals surface area contributed by atoms with Crippen LogP contribution in [0.2, 0.25) is 0 Å². The fourth-order valence-electron chi connectivity index (χ4n) is 3.09. The minimum Gasteiger partial charge on any atom is -0.388 e. The highest BCUT2D eigenvalue weighted by atomic mass is 79.9. The van der Waals surface area contributed by atoms with Gasteiger partial charge in [-0.15, -0.1) is 0 Å². The Morgan fingerprint density at radius 3 is 2.86 bits per heavy atom. The first-order valence-electron chi connectivity index (χ1n) is 7.61. The third-order valence-electron chi connectivity index (χ3n) is 4.28. The molecule has 2 aromatic rings. The lowest BCUT2D eigenvalue weighted by Crippen LogP contribution is -2.08. The van der Waals surface area contributed by atoms with E-state index in [0.717, 1.165) is 21.3 Å². The molecule has 4 heteroatoms. The smallest absolute Gasteiger partial charge is 0.0857 e. The van der Waals surface area contributed by atoms with E-state index in [4.69, 9.17) is 0 Å². The molecule has 0 spiro atoms. The number of rotatable bonds is 4. The van der Waals surface area contributed by atoms with Crippen LogP contribution in [0.4, 0.5) is 0 Å². The Labute approximate surface area is 134 Å². The Hall–Kier alpha value is -1.13. The number of hydrogen-bond acceptors (Lipinski definition) is 2. The number of aliphatic hydroxyl groups excluding tert-OH is 1. The summed E-state index contributed by atoms with van der Waals surface area (Å²) in [5.41, 5.74) is 3.05. The Kier molecular flexibility index (Phi) is 4.45. The van der Waals surface area contributed by atoms with Gasteiger partial charge in [0, 0.05) is 17.1 Å². The van der Waals surface area contributed by atoms with Gasteiger partial charge in [-0.1, -0.05) is 46.5 Å². The van der Waals surface area contributed by atoms with Gasteiger partial charge < -0.3 is 5.11 Å². The summed E-state index contributed by atoms with van der Waals surface area (Å²) in [6.45, 7) is 2.04. The van der Waals surface area contributed by atoms with Crippen molar-refractivity contribution in [1.82, 2.24) is 9.78 Å². The molecule has 1 aliphatic rings. The highest BCUT2D eigenvalue weighted by Crippen LogP contribution is 2.30. The SMILES string of the molecule is Cc1ccc(Br)c(C(O)Cc2ccn(C3CCCC3)n2)c1. The zero-order valence-corrected chi connectivity index (χ0v) is 13.9. The maximum atomic E-state index is 10.5. The lowest BCUT2D eigenvalue weighted by molar-refractivity contribution is 0.176. The fourth-order valence-corrected chi connectivity index (χ4v) is 3.60. The predicted octanol–water partition coefficient (Wildman–Crippen LogP) is 4.35. The van der Waals surface area contributed by atoms with E-state index in [1.165, 1.54) is 25.7 Å². The van der Waals surface area contributed by atoms with Gasteiger partial charge in [0.2, 0.25) is 0 Å². The van der Waals surface area contributed by atoms with Crippen molar-refractivity contribution >= 4 is 15.9 Å². The highest BCUT2D eigenvalue weighted by molar-refractivity contribution is 9.10. The molecule has 1 aromatic carbocycles. The Bertz CT molecular complexity index is 617. The largest absolute Gasteiger partial charge is 0.388 e. The molecule has 1 atom stereocenters. The molecule has 1 N–H and O–H groups in total. The Morgan fingerprint density at radius 2 is 2.10 bits per heavy atom. The van der Waals surface area contributed by atoms with E-state index in [1.54, 1.807) is 0 Å². The van der Waals surface area contributed by atoms with Crippen LogP contribution in [0.25, 0.3) is 0 Å². The Morgan fingerprint density at radius 1 is 1.33 bits per heavy atom. The van der Waals surface area contributed by atoms with E-state index >= 15 is 0 Å². The summed E-state index contributed by atoms with van der Waals surface area (Å²) < 4.78 is 3.04. The van der Waals surface area contributed by atoms with Crippen molar-refractivity contribution < 1.29 is 5.11 Å². The van der Waals surface area contributed by atoms with Crippen LogP contribution >= 0.6 is 15.9 Å². The summed E-state index contributed by atoms with van der Waals surface area (Å²) in [4.78, 5) is 0. The molecule has 1 fully saturated rings. The molecule has 0 aliphatic heterocycles. The van der Waals surface area contributed by atoms with Crippen molar-refractivity contribution in [3.63, 3.8) is 0 Å². The van der Waals surface area contributed by atoms with Gasteiger partial charge in [-0.25, -0.2) is 0 Å². The van der Waals surface area contributed by atoms with Crippen LogP contribution < -0.4 is 0 Å². The molecule has 0 saturated heterocycles. The van der Waals surface area contributed by atoms with Crippen molar-refractivity contribution in [1.29, 1.82) is 0 Å². The molecule has 0 bridgehead atoms. The Balaban J connectivity index is 1.72. The molecule has 3 nitrogen and oxygen atoms in total. The zero-order chi connectivity index (χ0) is 14.8. The molecular weight excluding hydrogens is 328 g/mol. The number of halogens is 1. The van der Waals surface area contributed by atoms with Crippen LogP contribution in [0.1, 0.15) is 54.6 Å². The molecule has 1 unspecified atom stereocenters. The van der Waals surface area contributed by atoms with Crippen molar-refractivity contribution in [2.45, 2.75) is 51.2 Å². The van der Waals surface area contributed by atoms with Crippen LogP contribution in [-0.4, -0.2) is 14.9 Å². The van der Waals surface area contributed by atoms with Crippen molar-refractivity contribution in [3.8, 4) is 0 Å². The van der Waals surface area contributed by atoms with Gasteiger partial charge in [-0.3, -0.25) is 4.68 Å². The zero-order valence-electron chi connectivity index (χ0n) is 12.3. The number of benzene rings is 1. The molecule has 0 radical (unpaired) electrons. The number of hydrogen-bond donors (Lipinski definition) is 1. The summed E-state index contributed by atoms with van der Waals surface area (Å²) in [5.74, 6) is 0. The quantitative estimate of drug-likeness (QED) is 0.891. The van der Waals surface area contributed by atoms with Crippen molar-refractivity contribution in [2.75, 3.05) is 0 Å². The van der Waals surface area contributed by atoms with E-state index in [0.29, 0.717) is 12.5 Å². The number of aromatic nitrogens is 2. The molecular formula is C17H21BrN2O. The summed E-state index contributed by atoms with van der Waals surface area (Å²) >= 11 is 3.52. The minimum atomic E-state index is -0.522. The third-order valence-corrected chi connectivity index (χ3v) is 5.00. The average Bonchev–Trinajstić information content (AvgIpc) is 3.11. The van der Waals surface area contributed by atoms with Gasteiger partial charge in [-0.2, -0.15) is 5.10 Å². The lowest BCUT2D eigenvalue weighted by Gasteiger charge is -2.13. The van der Waals surface area contributed by atoms with E-state index in [1.807, 2.05) is 31.2 Å². The normalized spacial score (nSPS) is 17.3. The molecule has 1 aromatic heterocycles. The average molecular weight is 349 g/mol. The van der Waals surface area contributed by atoms with Gasteiger partial charge in [-0.05, 0) is 37.5 Å². The first-order valence-corrected chi connectivity index (χ1v) is 8.41. The summed E-state index contributed by atoms with van der Waals surface area (Å²) in [7, 11) is 0. The van der Waals surface area contributed by atoms with Crippen LogP contribution in [0.5, 0.6) is 0 Å². The predicted molar refractivity (Wildman–Crippen MR) is 87.3 cm³/mol. The second-order valence-corrected chi connectivity index (χ2v) is 6.82. The van der Waals surface area contributed by atoms with E-state index in [-0.39, 0.29) is 0 Å².